The van der Waals surface area contributed by atoms with Crippen molar-refractivity contribution >= 4 is 17.3 Å². The molecule has 0 bridgehead atoms. The Morgan fingerprint density at radius 2 is 1.74 bits per heavy atom. The number of halogens is 3. The zero-order valence-electron chi connectivity index (χ0n) is 26.2. The van der Waals surface area contributed by atoms with Gasteiger partial charge in [0.2, 0.25) is 5.82 Å². The fraction of sp³-hybridized carbons (Fsp3) is 0.793. The first-order valence-electron chi connectivity index (χ1n) is 15.5. The number of rotatable bonds is 8. The summed E-state index contributed by atoms with van der Waals surface area (Å²) in [4.78, 5) is 25.4. The van der Waals surface area contributed by atoms with Gasteiger partial charge >= 0.3 is 11.9 Å². The average Bonchev–Trinajstić information content (AvgIpc) is 3.44. The zero-order valence-corrected chi connectivity index (χ0v) is 26.2. The number of fused-ring (bicyclic) bond motifs is 1. The molecule has 42 heavy (non-hydrogen) atoms. The lowest BCUT2D eigenvalue weighted by atomic mass is 9.80. The van der Waals surface area contributed by atoms with E-state index >= 15 is 0 Å². The fourth-order valence-corrected chi connectivity index (χ4v) is 5.88. The van der Waals surface area contributed by atoms with Crippen LogP contribution in [-0.4, -0.2) is 70.8 Å². The lowest BCUT2D eigenvalue weighted by Gasteiger charge is -2.38. The number of H-pyrrole nitrogens is 1. The fourth-order valence-electron chi connectivity index (χ4n) is 5.88. The SMILES string of the molecule is CC.CC1CCCCC1.CCCN(CC(F)(F)F)C1N(C)c2nc(-c3n[nH]c(=O)o3)nc(N[C@H](C)C3CCC3)c2N1C. The Morgan fingerprint density at radius 3 is 2.21 bits per heavy atom. The topological polar surface area (TPSA) is 106 Å². The molecule has 2 N–H and O–H groups in total. The van der Waals surface area contributed by atoms with Crippen LogP contribution in [0.15, 0.2) is 9.21 Å². The number of nitrogens with one attached hydrogen (secondary N) is 2. The summed E-state index contributed by atoms with van der Waals surface area (Å²) in [5, 5.41) is 9.45. The maximum Gasteiger partial charge on any atom is 0.434 e. The second-order valence-corrected chi connectivity index (χ2v) is 11.5. The molecule has 238 valence electrons. The minimum Gasteiger partial charge on any atom is -0.384 e. The third-order valence-corrected chi connectivity index (χ3v) is 8.21. The summed E-state index contributed by atoms with van der Waals surface area (Å²) in [5.74, 6) is 1.69. The molecule has 0 radical (unpaired) electrons. The van der Waals surface area contributed by atoms with E-state index in [2.05, 4.69) is 39.3 Å². The minimum atomic E-state index is -4.35. The van der Waals surface area contributed by atoms with Gasteiger partial charge in [0, 0.05) is 26.7 Å². The number of anilines is 3. The van der Waals surface area contributed by atoms with Crippen molar-refractivity contribution in [3.8, 4) is 11.7 Å². The second kappa shape index (κ2) is 15.1. The standard InChI is InChI=1S/C20H29F3N8O2.C7H14.C2H6/c1-5-9-31(10-20(21,22)23)19-29(3)13-14(24-11(2)12-7-6-8-12)25-15(26-16(13)30(19)4)17-27-28-18(32)33-17;1-7-5-3-2-4-6-7;1-2/h11-12,19H,5-10H2,1-4H3,(H,28,32)(H,24,25,26);7H,2-6H2,1H3;1-2H3/t11-,19?;;/m1../s1. The van der Waals surface area contributed by atoms with Gasteiger partial charge in [-0.05, 0) is 38.0 Å². The smallest absolute Gasteiger partial charge is 0.384 e. The number of hydrogen-bond acceptors (Lipinski definition) is 9. The molecular formula is C29H49F3N8O2. The predicted octanol–water partition coefficient (Wildman–Crippen LogP) is 6.48. The maximum atomic E-state index is 13.4. The summed E-state index contributed by atoms with van der Waals surface area (Å²) >= 11 is 0. The van der Waals surface area contributed by atoms with Crippen molar-refractivity contribution < 1.29 is 17.6 Å². The number of alkyl halides is 3. The van der Waals surface area contributed by atoms with E-state index in [0.717, 1.165) is 18.8 Å². The summed E-state index contributed by atoms with van der Waals surface area (Å²) in [5.41, 5.74) is 0.596. The Morgan fingerprint density at radius 1 is 1.07 bits per heavy atom. The molecule has 2 aromatic rings. The van der Waals surface area contributed by atoms with Gasteiger partial charge in [0.25, 0.3) is 5.89 Å². The molecule has 10 nitrogen and oxygen atoms in total. The highest BCUT2D eigenvalue weighted by Gasteiger charge is 2.43. The second-order valence-electron chi connectivity index (χ2n) is 11.5. The molecule has 0 saturated heterocycles. The molecule has 2 atom stereocenters. The van der Waals surface area contributed by atoms with Gasteiger partial charge in [-0.3, -0.25) is 4.90 Å². The third kappa shape index (κ3) is 8.38. The lowest BCUT2D eigenvalue weighted by Crippen LogP contribution is -2.55. The van der Waals surface area contributed by atoms with Gasteiger partial charge in [-0.1, -0.05) is 66.2 Å². The van der Waals surface area contributed by atoms with Gasteiger partial charge < -0.3 is 19.5 Å². The average molecular weight is 599 g/mol. The molecule has 2 saturated carbocycles. The van der Waals surface area contributed by atoms with Gasteiger partial charge in [0.1, 0.15) is 5.69 Å². The van der Waals surface area contributed by atoms with Crippen LogP contribution in [0.25, 0.3) is 11.7 Å². The molecule has 0 amide bonds. The van der Waals surface area contributed by atoms with E-state index in [-0.39, 0.29) is 24.3 Å². The highest BCUT2D eigenvalue weighted by atomic mass is 19.4. The van der Waals surface area contributed by atoms with Gasteiger partial charge in [-0.25, -0.2) is 19.9 Å². The molecule has 2 fully saturated rings. The molecule has 13 heteroatoms. The van der Waals surface area contributed by atoms with Crippen LogP contribution in [-0.2, 0) is 0 Å². The first-order valence-corrected chi connectivity index (χ1v) is 15.5. The van der Waals surface area contributed by atoms with E-state index in [4.69, 9.17) is 4.42 Å². The van der Waals surface area contributed by atoms with Gasteiger partial charge in [0.15, 0.2) is 17.9 Å². The van der Waals surface area contributed by atoms with Crippen LogP contribution in [0.2, 0.25) is 0 Å². The number of aromatic nitrogens is 4. The summed E-state index contributed by atoms with van der Waals surface area (Å²) in [7, 11) is 3.44. The van der Waals surface area contributed by atoms with E-state index in [1.807, 2.05) is 20.8 Å². The molecule has 1 unspecified atom stereocenters. The minimum absolute atomic E-state index is 0.0779. The van der Waals surface area contributed by atoms with Gasteiger partial charge in [0.05, 0.1) is 6.54 Å². The molecular weight excluding hydrogens is 549 g/mol. The Bertz CT molecular complexity index is 1160. The lowest BCUT2D eigenvalue weighted by molar-refractivity contribution is -0.150. The molecule has 3 aliphatic rings. The predicted molar refractivity (Wildman–Crippen MR) is 161 cm³/mol. The van der Waals surface area contributed by atoms with Crippen molar-refractivity contribution in [3.63, 3.8) is 0 Å². The van der Waals surface area contributed by atoms with E-state index < -0.39 is 24.8 Å². The van der Waals surface area contributed by atoms with Crippen LogP contribution >= 0.6 is 0 Å². The van der Waals surface area contributed by atoms with Crippen molar-refractivity contribution in [2.24, 2.45) is 11.8 Å². The highest BCUT2D eigenvalue weighted by molar-refractivity contribution is 5.84. The number of nitrogens with zero attached hydrogens (tertiary/aromatic N) is 6. The molecule has 3 heterocycles. The van der Waals surface area contributed by atoms with Crippen LogP contribution in [0, 0.1) is 11.8 Å². The monoisotopic (exact) mass is 598 g/mol. The van der Waals surface area contributed by atoms with E-state index in [1.54, 1.807) is 23.9 Å². The highest BCUT2D eigenvalue weighted by Crippen LogP contribution is 2.44. The van der Waals surface area contributed by atoms with Crippen molar-refractivity contribution in [1.29, 1.82) is 0 Å². The van der Waals surface area contributed by atoms with Crippen LogP contribution in [0.4, 0.5) is 30.5 Å². The number of aromatic amines is 1. The Hall–Kier alpha value is -2.83. The van der Waals surface area contributed by atoms with Gasteiger partial charge in [-0.15, -0.1) is 5.10 Å². The first-order chi connectivity index (χ1) is 20.0. The van der Waals surface area contributed by atoms with Crippen molar-refractivity contribution in [1.82, 2.24) is 25.1 Å². The van der Waals surface area contributed by atoms with Crippen molar-refractivity contribution in [3.05, 3.63) is 10.6 Å². The normalized spacial score (nSPS) is 19.8. The third-order valence-electron chi connectivity index (χ3n) is 8.21. The summed E-state index contributed by atoms with van der Waals surface area (Å²) in [6, 6.07) is 0.108. The Kier molecular flexibility index (Phi) is 12.1. The first kappa shape index (κ1) is 33.7. The zero-order chi connectivity index (χ0) is 31.0. The quantitative estimate of drug-likeness (QED) is 0.353. The molecule has 1 aliphatic heterocycles. The largest absolute Gasteiger partial charge is 0.434 e. The Labute approximate surface area is 247 Å². The maximum absolute atomic E-state index is 13.4. The summed E-state index contributed by atoms with van der Waals surface area (Å²) in [6.45, 7) is 9.47. The van der Waals surface area contributed by atoms with Crippen molar-refractivity contribution in [2.45, 2.75) is 111 Å². The van der Waals surface area contributed by atoms with Crippen LogP contribution in [0.5, 0.6) is 0 Å². The molecule has 2 aliphatic carbocycles. The van der Waals surface area contributed by atoms with Gasteiger partial charge in [-0.2, -0.15) is 13.2 Å². The molecule has 0 spiro atoms. The molecule has 2 aromatic heterocycles. The van der Waals surface area contributed by atoms with Crippen LogP contribution < -0.4 is 20.9 Å². The molecule has 5 rings (SSSR count). The van der Waals surface area contributed by atoms with E-state index in [0.29, 0.717) is 29.7 Å². The van der Waals surface area contributed by atoms with E-state index in [9.17, 15) is 18.0 Å². The van der Waals surface area contributed by atoms with Crippen LogP contribution in [0.1, 0.15) is 92.4 Å². The summed E-state index contributed by atoms with van der Waals surface area (Å²) in [6.07, 6.45) is 6.33. The number of hydrogen-bond donors (Lipinski definition) is 2. The Balaban J connectivity index is 0.000000465. The van der Waals surface area contributed by atoms with Crippen LogP contribution in [0.3, 0.4) is 0 Å². The van der Waals surface area contributed by atoms with E-state index in [1.165, 1.54) is 43.4 Å². The summed E-state index contributed by atoms with van der Waals surface area (Å²) < 4.78 is 45.1. The molecule has 0 aromatic carbocycles. The van der Waals surface area contributed by atoms with Crippen molar-refractivity contribution in [2.75, 3.05) is 42.3 Å².